The first-order valence-corrected chi connectivity index (χ1v) is 6.21. The molecule has 0 aromatic heterocycles. The van der Waals surface area contributed by atoms with Gasteiger partial charge in [-0.3, -0.25) is 0 Å². The summed E-state index contributed by atoms with van der Waals surface area (Å²) in [5.74, 6) is -0.659. The molecule has 1 aromatic rings. The minimum absolute atomic E-state index is 0.179. The fourth-order valence-corrected chi connectivity index (χ4v) is 2.01. The van der Waals surface area contributed by atoms with Gasteiger partial charge in [0.2, 0.25) is 0 Å². The van der Waals surface area contributed by atoms with E-state index in [1.165, 1.54) is 6.07 Å². The van der Waals surface area contributed by atoms with Crippen LogP contribution in [0.5, 0.6) is 0 Å². The Morgan fingerprint density at radius 3 is 2.74 bits per heavy atom. The minimum Gasteiger partial charge on any atom is -0.478 e. The lowest BCUT2D eigenvalue weighted by Gasteiger charge is -2.28. The zero-order valence-electron chi connectivity index (χ0n) is 11.3. The lowest BCUT2D eigenvalue weighted by molar-refractivity contribution is 0.0697. The molecule has 0 aliphatic rings. The molecule has 0 fully saturated rings. The summed E-state index contributed by atoms with van der Waals surface area (Å²) in [5, 5.41) is 18.0. The highest BCUT2D eigenvalue weighted by Gasteiger charge is 2.19. The quantitative estimate of drug-likeness (QED) is 0.767. The molecule has 1 aromatic carbocycles. The van der Waals surface area contributed by atoms with E-state index in [1.807, 2.05) is 18.7 Å². The van der Waals surface area contributed by atoms with Crippen LogP contribution in [0.1, 0.15) is 30.6 Å². The fourth-order valence-electron chi connectivity index (χ4n) is 2.01. The molecule has 19 heavy (non-hydrogen) atoms. The second-order valence-electron chi connectivity index (χ2n) is 4.80. The number of carboxylic acid groups (broad SMARTS) is 1. The van der Waals surface area contributed by atoms with E-state index in [4.69, 9.17) is 11.0 Å². The highest BCUT2D eigenvalue weighted by Crippen LogP contribution is 2.29. The van der Waals surface area contributed by atoms with Crippen molar-refractivity contribution in [1.82, 2.24) is 0 Å². The van der Waals surface area contributed by atoms with Gasteiger partial charge < -0.3 is 15.7 Å². The molecule has 5 nitrogen and oxygen atoms in total. The van der Waals surface area contributed by atoms with E-state index in [1.54, 1.807) is 12.1 Å². The number of anilines is 2. The Bertz CT molecular complexity index is 492. The van der Waals surface area contributed by atoms with Crippen molar-refractivity contribution in [3.63, 3.8) is 0 Å². The zero-order valence-corrected chi connectivity index (χ0v) is 11.3. The molecule has 5 heteroatoms. The van der Waals surface area contributed by atoms with Crippen LogP contribution in [0.4, 0.5) is 11.4 Å². The first-order chi connectivity index (χ1) is 8.97. The third-order valence-corrected chi connectivity index (χ3v) is 2.69. The average molecular weight is 261 g/mol. The summed E-state index contributed by atoms with van der Waals surface area (Å²) < 4.78 is 0. The standard InChI is InChI=1S/C14H19N3O2/c1-10(2)9-17(8-4-7-15)13-11(14(18)19)5-3-6-12(13)16/h3,5-6,10H,4,8-9,16H2,1-2H3,(H,18,19). The number of benzene rings is 1. The van der Waals surface area contributed by atoms with E-state index in [-0.39, 0.29) is 5.56 Å². The van der Waals surface area contributed by atoms with Gasteiger partial charge in [-0.1, -0.05) is 19.9 Å². The number of hydrogen-bond donors (Lipinski definition) is 2. The maximum Gasteiger partial charge on any atom is 0.337 e. The van der Waals surface area contributed by atoms with Gasteiger partial charge in [0, 0.05) is 13.1 Å². The molecule has 0 amide bonds. The predicted octanol–water partition coefficient (Wildman–Crippen LogP) is 2.34. The minimum atomic E-state index is -1.01. The highest BCUT2D eigenvalue weighted by molar-refractivity contribution is 5.98. The van der Waals surface area contributed by atoms with Crippen LogP contribution in [0.3, 0.4) is 0 Å². The largest absolute Gasteiger partial charge is 0.478 e. The van der Waals surface area contributed by atoms with Crippen LogP contribution in [0.25, 0.3) is 0 Å². The molecule has 1 rings (SSSR count). The Morgan fingerprint density at radius 1 is 1.53 bits per heavy atom. The lowest BCUT2D eigenvalue weighted by atomic mass is 10.1. The molecule has 0 bridgehead atoms. The van der Waals surface area contributed by atoms with E-state index in [2.05, 4.69) is 6.07 Å². The molecule has 102 valence electrons. The zero-order chi connectivity index (χ0) is 14.4. The Labute approximate surface area is 113 Å². The molecular formula is C14H19N3O2. The van der Waals surface area contributed by atoms with Gasteiger partial charge in [0.1, 0.15) is 0 Å². The van der Waals surface area contributed by atoms with Crippen LogP contribution < -0.4 is 10.6 Å². The summed E-state index contributed by atoms with van der Waals surface area (Å²) in [6.07, 6.45) is 0.333. The van der Waals surface area contributed by atoms with Crippen molar-refractivity contribution in [3.8, 4) is 6.07 Å². The number of aromatic carboxylic acids is 1. The number of carboxylic acids is 1. The van der Waals surface area contributed by atoms with E-state index in [0.29, 0.717) is 36.8 Å². The van der Waals surface area contributed by atoms with Crippen molar-refractivity contribution >= 4 is 17.3 Å². The Hall–Kier alpha value is -2.22. The van der Waals surface area contributed by atoms with Crippen molar-refractivity contribution in [2.24, 2.45) is 5.92 Å². The van der Waals surface area contributed by atoms with Crippen molar-refractivity contribution in [1.29, 1.82) is 5.26 Å². The maximum atomic E-state index is 11.3. The second-order valence-corrected chi connectivity index (χ2v) is 4.80. The number of hydrogen-bond acceptors (Lipinski definition) is 4. The van der Waals surface area contributed by atoms with Crippen LogP contribution in [0, 0.1) is 17.2 Å². The number of para-hydroxylation sites is 1. The Balaban J connectivity index is 3.20. The molecular weight excluding hydrogens is 242 g/mol. The van der Waals surface area contributed by atoms with Crippen molar-refractivity contribution in [2.45, 2.75) is 20.3 Å². The molecule has 0 aliphatic heterocycles. The van der Waals surface area contributed by atoms with Crippen LogP contribution >= 0.6 is 0 Å². The van der Waals surface area contributed by atoms with Gasteiger partial charge in [0.05, 0.1) is 29.4 Å². The van der Waals surface area contributed by atoms with Crippen molar-refractivity contribution in [2.75, 3.05) is 23.7 Å². The van der Waals surface area contributed by atoms with Crippen LogP contribution in [-0.4, -0.2) is 24.2 Å². The molecule has 0 unspecified atom stereocenters. The fraction of sp³-hybridized carbons (Fsp3) is 0.429. The lowest BCUT2D eigenvalue weighted by Crippen LogP contribution is -2.30. The van der Waals surface area contributed by atoms with Gasteiger partial charge >= 0.3 is 5.97 Å². The number of nitrogens with two attached hydrogens (primary N) is 1. The summed E-state index contributed by atoms with van der Waals surface area (Å²) in [6.45, 7) is 5.22. The van der Waals surface area contributed by atoms with Gasteiger partial charge in [-0.15, -0.1) is 0 Å². The maximum absolute atomic E-state index is 11.3. The second kappa shape index (κ2) is 6.64. The van der Waals surface area contributed by atoms with E-state index in [9.17, 15) is 9.90 Å². The van der Waals surface area contributed by atoms with Gasteiger partial charge in [0.15, 0.2) is 0 Å². The summed E-state index contributed by atoms with van der Waals surface area (Å²) in [6, 6.07) is 6.92. The number of nitrogen functional groups attached to an aromatic ring is 1. The number of rotatable bonds is 6. The van der Waals surface area contributed by atoms with Gasteiger partial charge in [-0.25, -0.2) is 4.79 Å². The molecule has 3 N–H and O–H groups in total. The summed E-state index contributed by atoms with van der Waals surface area (Å²) in [4.78, 5) is 13.2. The van der Waals surface area contributed by atoms with E-state index >= 15 is 0 Å². The Kier molecular flexibility index (Phi) is 5.19. The summed E-state index contributed by atoms with van der Waals surface area (Å²) in [5.41, 5.74) is 7.04. The number of carbonyl (C=O) groups is 1. The molecule has 0 saturated carbocycles. The number of nitriles is 1. The topological polar surface area (TPSA) is 90.4 Å². The van der Waals surface area contributed by atoms with Crippen molar-refractivity contribution in [3.05, 3.63) is 23.8 Å². The average Bonchev–Trinajstić information content (AvgIpc) is 2.33. The van der Waals surface area contributed by atoms with E-state index in [0.717, 1.165) is 0 Å². The molecule has 0 atom stereocenters. The first-order valence-electron chi connectivity index (χ1n) is 6.21. The number of nitrogens with zero attached hydrogens (tertiary/aromatic N) is 2. The molecule has 0 radical (unpaired) electrons. The monoisotopic (exact) mass is 261 g/mol. The Morgan fingerprint density at radius 2 is 2.21 bits per heavy atom. The predicted molar refractivity (Wildman–Crippen MR) is 75.1 cm³/mol. The van der Waals surface area contributed by atoms with Crippen LogP contribution in [0.15, 0.2) is 18.2 Å². The van der Waals surface area contributed by atoms with Crippen LogP contribution in [0.2, 0.25) is 0 Å². The molecule has 0 aliphatic carbocycles. The van der Waals surface area contributed by atoms with Gasteiger partial charge in [-0.2, -0.15) is 5.26 Å². The molecule has 0 saturated heterocycles. The normalized spacial score (nSPS) is 10.2. The van der Waals surface area contributed by atoms with Crippen molar-refractivity contribution < 1.29 is 9.90 Å². The van der Waals surface area contributed by atoms with E-state index < -0.39 is 5.97 Å². The third-order valence-electron chi connectivity index (χ3n) is 2.69. The smallest absolute Gasteiger partial charge is 0.337 e. The first kappa shape index (κ1) is 14.8. The highest BCUT2D eigenvalue weighted by atomic mass is 16.4. The molecule has 0 spiro atoms. The third kappa shape index (κ3) is 3.88. The van der Waals surface area contributed by atoms with Gasteiger partial charge in [-0.05, 0) is 18.1 Å². The summed E-state index contributed by atoms with van der Waals surface area (Å²) in [7, 11) is 0. The summed E-state index contributed by atoms with van der Waals surface area (Å²) >= 11 is 0. The van der Waals surface area contributed by atoms with Crippen LogP contribution in [-0.2, 0) is 0 Å². The van der Waals surface area contributed by atoms with Gasteiger partial charge in [0.25, 0.3) is 0 Å². The molecule has 0 heterocycles. The SMILES string of the molecule is CC(C)CN(CCC#N)c1c(N)cccc1C(=O)O.